The molecule has 1 aromatic carbocycles. The second-order valence-electron chi connectivity index (χ2n) is 6.84. The number of thiophene rings is 1. The van der Waals surface area contributed by atoms with E-state index < -0.39 is 0 Å². The number of nitrogens with zero attached hydrogens (tertiary/aromatic N) is 2. The minimum absolute atomic E-state index is 0.0127. The fourth-order valence-corrected chi connectivity index (χ4v) is 3.79. The first-order chi connectivity index (χ1) is 13.5. The fraction of sp³-hybridized carbons (Fsp3) is 0.400. The summed E-state index contributed by atoms with van der Waals surface area (Å²) in [6.45, 7) is 5.63. The molecule has 6 nitrogen and oxygen atoms in total. The smallest absolute Gasteiger partial charge is 0.241 e. The van der Waals surface area contributed by atoms with Crippen LogP contribution >= 0.6 is 11.3 Å². The van der Waals surface area contributed by atoms with Crippen LogP contribution < -0.4 is 10.6 Å². The Morgan fingerprint density at radius 3 is 2.64 bits per heavy atom. The molecule has 0 radical (unpaired) electrons. The van der Waals surface area contributed by atoms with Crippen LogP contribution in [0.25, 0.3) is 0 Å². The van der Waals surface area contributed by atoms with Crippen LogP contribution in [0.4, 0.5) is 10.1 Å². The Labute approximate surface area is 168 Å². The lowest BCUT2D eigenvalue weighted by molar-refractivity contribution is -0.124. The number of hydrogen-bond acceptors (Lipinski definition) is 5. The van der Waals surface area contributed by atoms with Gasteiger partial charge in [0, 0.05) is 36.7 Å². The van der Waals surface area contributed by atoms with Crippen LogP contribution in [-0.4, -0.2) is 60.4 Å². The third-order valence-electron chi connectivity index (χ3n) is 4.83. The van der Waals surface area contributed by atoms with E-state index in [0.717, 1.165) is 18.0 Å². The number of hydrogen-bond donors (Lipinski definition) is 2. The Morgan fingerprint density at radius 1 is 1.18 bits per heavy atom. The topological polar surface area (TPSA) is 64.7 Å². The van der Waals surface area contributed by atoms with E-state index in [0.29, 0.717) is 31.9 Å². The van der Waals surface area contributed by atoms with Crippen molar-refractivity contribution in [2.75, 3.05) is 38.0 Å². The summed E-state index contributed by atoms with van der Waals surface area (Å²) in [7, 11) is 0. The highest BCUT2D eigenvalue weighted by Crippen LogP contribution is 2.12. The van der Waals surface area contributed by atoms with Gasteiger partial charge in [-0.25, -0.2) is 4.39 Å². The second kappa shape index (κ2) is 9.77. The van der Waals surface area contributed by atoms with Crippen LogP contribution in [0.2, 0.25) is 0 Å². The highest BCUT2D eigenvalue weighted by atomic mass is 32.1. The maximum atomic E-state index is 13.3. The van der Waals surface area contributed by atoms with Gasteiger partial charge in [0.05, 0.1) is 19.1 Å². The highest BCUT2D eigenvalue weighted by Gasteiger charge is 2.26. The SMILES string of the molecule is CC(C(=O)Nc1cccc(F)c1)N1CCN(CC(=O)NCc2cccs2)CC1. The predicted molar refractivity (Wildman–Crippen MR) is 109 cm³/mol. The summed E-state index contributed by atoms with van der Waals surface area (Å²) in [6.07, 6.45) is 0. The first-order valence-corrected chi connectivity index (χ1v) is 10.2. The van der Waals surface area contributed by atoms with Crippen LogP contribution in [0.3, 0.4) is 0 Å². The van der Waals surface area contributed by atoms with Crippen LogP contribution in [0, 0.1) is 5.82 Å². The fourth-order valence-electron chi connectivity index (χ4n) is 3.15. The summed E-state index contributed by atoms with van der Waals surface area (Å²) in [4.78, 5) is 29.8. The Kier molecular flexibility index (Phi) is 7.13. The molecule has 1 unspecified atom stereocenters. The predicted octanol–water partition coefficient (Wildman–Crippen LogP) is 2.15. The average Bonchev–Trinajstić information content (AvgIpc) is 3.20. The molecular formula is C20H25FN4O2S. The largest absolute Gasteiger partial charge is 0.350 e. The van der Waals surface area contributed by atoms with Crippen molar-refractivity contribution in [1.82, 2.24) is 15.1 Å². The minimum Gasteiger partial charge on any atom is -0.350 e. The Hall–Kier alpha value is -2.29. The van der Waals surface area contributed by atoms with E-state index in [2.05, 4.69) is 20.4 Å². The molecule has 1 aromatic heterocycles. The Balaban J connectivity index is 1.40. The first kappa shape index (κ1) is 20.4. The summed E-state index contributed by atoms with van der Waals surface area (Å²) in [5.41, 5.74) is 0.456. The Morgan fingerprint density at radius 2 is 1.96 bits per heavy atom. The molecule has 2 N–H and O–H groups in total. The van der Waals surface area contributed by atoms with Crippen LogP contribution in [-0.2, 0) is 16.1 Å². The molecule has 150 valence electrons. The minimum atomic E-state index is -0.378. The molecule has 1 saturated heterocycles. The van der Waals surface area contributed by atoms with Gasteiger partial charge in [-0.2, -0.15) is 0 Å². The number of amides is 2. The van der Waals surface area contributed by atoms with Gasteiger partial charge in [-0.15, -0.1) is 11.3 Å². The lowest BCUT2D eigenvalue weighted by atomic mass is 10.2. The molecule has 1 aliphatic rings. The maximum Gasteiger partial charge on any atom is 0.241 e. The summed E-state index contributed by atoms with van der Waals surface area (Å²) >= 11 is 1.62. The molecule has 2 amide bonds. The van der Waals surface area contributed by atoms with E-state index >= 15 is 0 Å². The summed E-state index contributed by atoms with van der Waals surface area (Å²) in [5.74, 6) is -0.525. The highest BCUT2D eigenvalue weighted by molar-refractivity contribution is 7.09. The monoisotopic (exact) mass is 404 g/mol. The molecule has 0 aliphatic carbocycles. The molecule has 1 fully saturated rings. The summed E-state index contributed by atoms with van der Waals surface area (Å²) in [5, 5.41) is 7.69. The second-order valence-corrected chi connectivity index (χ2v) is 7.88. The van der Waals surface area contributed by atoms with E-state index in [1.807, 2.05) is 24.4 Å². The number of rotatable bonds is 7. The zero-order valence-electron chi connectivity index (χ0n) is 15.9. The molecule has 28 heavy (non-hydrogen) atoms. The molecule has 3 rings (SSSR count). The zero-order valence-corrected chi connectivity index (χ0v) is 16.7. The van der Waals surface area contributed by atoms with Crippen molar-refractivity contribution >= 4 is 28.8 Å². The van der Waals surface area contributed by atoms with Crippen molar-refractivity contribution in [3.05, 3.63) is 52.5 Å². The molecule has 2 heterocycles. The van der Waals surface area contributed by atoms with Gasteiger partial charge in [-0.05, 0) is 36.6 Å². The van der Waals surface area contributed by atoms with Crippen LogP contribution in [0.15, 0.2) is 41.8 Å². The molecule has 8 heteroatoms. The normalized spacial score (nSPS) is 16.5. The lowest BCUT2D eigenvalue weighted by Gasteiger charge is -2.37. The molecule has 1 aliphatic heterocycles. The third-order valence-corrected chi connectivity index (χ3v) is 5.71. The quantitative estimate of drug-likeness (QED) is 0.742. The van der Waals surface area contributed by atoms with E-state index in [1.165, 1.54) is 12.1 Å². The summed E-state index contributed by atoms with van der Waals surface area (Å²) < 4.78 is 13.3. The van der Waals surface area contributed by atoms with E-state index in [4.69, 9.17) is 0 Å². The van der Waals surface area contributed by atoms with Crippen LogP contribution in [0.5, 0.6) is 0 Å². The van der Waals surface area contributed by atoms with Crippen molar-refractivity contribution in [3.8, 4) is 0 Å². The molecule has 1 atom stereocenters. The van der Waals surface area contributed by atoms with Gasteiger partial charge in [0.1, 0.15) is 5.82 Å². The first-order valence-electron chi connectivity index (χ1n) is 9.33. The van der Waals surface area contributed by atoms with Gasteiger partial charge < -0.3 is 10.6 Å². The van der Waals surface area contributed by atoms with Gasteiger partial charge in [-0.1, -0.05) is 12.1 Å². The molecule has 0 spiro atoms. The van der Waals surface area contributed by atoms with Gasteiger partial charge in [0.25, 0.3) is 0 Å². The van der Waals surface area contributed by atoms with Gasteiger partial charge in [-0.3, -0.25) is 19.4 Å². The van der Waals surface area contributed by atoms with E-state index in [9.17, 15) is 14.0 Å². The number of carbonyl (C=O) groups is 2. The third kappa shape index (κ3) is 5.85. The number of piperazine rings is 1. The van der Waals surface area contributed by atoms with E-state index in [-0.39, 0.29) is 23.7 Å². The van der Waals surface area contributed by atoms with Gasteiger partial charge in [0.15, 0.2) is 0 Å². The number of carbonyl (C=O) groups excluding carboxylic acids is 2. The molecule has 0 saturated carbocycles. The number of nitrogens with one attached hydrogen (secondary N) is 2. The van der Waals surface area contributed by atoms with Gasteiger partial charge >= 0.3 is 0 Å². The van der Waals surface area contributed by atoms with Gasteiger partial charge in [0.2, 0.25) is 11.8 Å². The lowest BCUT2D eigenvalue weighted by Crippen LogP contribution is -2.54. The molecule has 0 bridgehead atoms. The van der Waals surface area contributed by atoms with Crippen molar-refractivity contribution in [1.29, 1.82) is 0 Å². The Bertz CT molecular complexity index is 791. The average molecular weight is 405 g/mol. The number of benzene rings is 1. The van der Waals surface area contributed by atoms with Crippen molar-refractivity contribution < 1.29 is 14.0 Å². The number of anilines is 1. The number of halogens is 1. The van der Waals surface area contributed by atoms with Crippen molar-refractivity contribution in [2.45, 2.75) is 19.5 Å². The zero-order chi connectivity index (χ0) is 19.9. The van der Waals surface area contributed by atoms with Crippen molar-refractivity contribution in [2.24, 2.45) is 0 Å². The van der Waals surface area contributed by atoms with Crippen molar-refractivity contribution in [3.63, 3.8) is 0 Å². The maximum absolute atomic E-state index is 13.3. The standard InChI is InChI=1S/C20H25FN4O2S/c1-15(20(27)23-17-5-2-4-16(21)12-17)25-9-7-24(8-10-25)14-19(26)22-13-18-6-3-11-28-18/h2-6,11-12,15H,7-10,13-14H2,1H3,(H,22,26)(H,23,27). The van der Waals surface area contributed by atoms with E-state index in [1.54, 1.807) is 23.5 Å². The molecule has 2 aromatic rings. The summed E-state index contributed by atoms with van der Waals surface area (Å²) in [6, 6.07) is 9.53. The van der Waals surface area contributed by atoms with Crippen LogP contribution in [0.1, 0.15) is 11.8 Å². The molecular weight excluding hydrogens is 379 g/mol.